The zero-order chi connectivity index (χ0) is 8.27. The van der Waals surface area contributed by atoms with Crippen molar-refractivity contribution >= 4 is 6.08 Å². The van der Waals surface area contributed by atoms with E-state index in [4.69, 9.17) is 5.11 Å². The van der Waals surface area contributed by atoms with Crippen molar-refractivity contribution in [3.05, 3.63) is 23.5 Å². The highest BCUT2D eigenvalue weighted by Crippen LogP contribution is 2.06. The van der Waals surface area contributed by atoms with E-state index < -0.39 is 0 Å². The Bertz CT molecular complexity index is 263. The topological polar surface area (TPSA) is 38.1 Å². The van der Waals surface area contributed by atoms with Gasteiger partial charge in [-0.05, 0) is 6.92 Å². The summed E-state index contributed by atoms with van der Waals surface area (Å²) in [6.45, 7) is 2.07. The first-order valence-corrected chi connectivity index (χ1v) is 3.51. The lowest BCUT2D eigenvalue weighted by Crippen LogP contribution is -1.92. The second-order valence-corrected chi connectivity index (χ2v) is 2.39. The summed E-state index contributed by atoms with van der Waals surface area (Å²) in [5.41, 5.74) is 2.16. The molecule has 1 rings (SSSR count). The predicted octanol–water partition coefficient (Wildman–Crippen LogP) is 0.734. The molecule has 0 aromatic carbocycles. The van der Waals surface area contributed by atoms with E-state index in [1.165, 1.54) is 0 Å². The van der Waals surface area contributed by atoms with E-state index in [2.05, 4.69) is 5.10 Å². The first-order chi connectivity index (χ1) is 5.25. The summed E-state index contributed by atoms with van der Waals surface area (Å²) in [6.07, 6.45) is 5.34. The first kappa shape index (κ1) is 8.01. The van der Waals surface area contributed by atoms with Gasteiger partial charge in [0.15, 0.2) is 0 Å². The van der Waals surface area contributed by atoms with Crippen molar-refractivity contribution in [3.63, 3.8) is 0 Å². The van der Waals surface area contributed by atoms with Crippen molar-refractivity contribution < 1.29 is 5.11 Å². The largest absolute Gasteiger partial charge is 0.392 e. The third-order valence-electron chi connectivity index (χ3n) is 1.68. The number of hydrogen-bond acceptors (Lipinski definition) is 2. The van der Waals surface area contributed by atoms with Crippen LogP contribution in [-0.2, 0) is 7.05 Å². The molecule has 1 aromatic rings. The van der Waals surface area contributed by atoms with Gasteiger partial charge < -0.3 is 5.11 Å². The molecule has 60 valence electrons. The number of hydrogen-bond donors (Lipinski definition) is 1. The van der Waals surface area contributed by atoms with Crippen molar-refractivity contribution in [3.8, 4) is 0 Å². The fourth-order valence-electron chi connectivity index (χ4n) is 0.859. The number of aliphatic hydroxyl groups excluding tert-OH is 1. The molecule has 0 amide bonds. The van der Waals surface area contributed by atoms with Crippen molar-refractivity contribution in [1.29, 1.82) is 0 Å². The number of aromatic nitrogens is 2. The molecular formula is C8H12N2O. The molecule has 3 heteroatoms. The number of aliphatic hydroxyl groups is 1. The van der Waals surface area contributed by atoms with Crippen LogP contribution in [0.2, 0.25) is 0 Å². The lowest BCUT2D eigenvalue weighted by molar-refractivity contribution is 0.343. The summed E-state index contributed by atoms with van der Waals surface area (Å²) >= 11 is 0. The molecule has 0 bridgehead atoms. The first-order valence-electron chi connectivity index (χ1n) is 3.51. The standard InChI is InChI=1S/C8H12N2O/c1-7-8(4-3-5-11)6-9-10(7)2/h3-4,6,11H,5H2,1-2H3/b4-3+. The van der Waals surface area contributed by atoms with Crippen LogP contribution < -0.4 is 0 Å². The average molecular weight is 152 g/mol. The third-order valence-corrected chi connectivity index (χ3v) is 1.68. The molecule has 1 aromatic heterocycles. The molecule has 0 radical (unpaired) electrons. The van der Waals surface area contributed by atoms with Gasteiger partial charge in [0, 0.05) is 18.3 Å². The van der Waals surface area contributed by atoms with Crippen LogP contribution in [0, 0.1) is 6.92 Å². The van der Waals surface area contributed by atoms with Crippen LogP contribution in [0.3, 0.4) is 0 Å². The highest BCUT2D eigenvalue weighted by molar-refractivity contribution is 5.50. The van der Waals surface area contributed by atoms with E-state index in [1.54, 1.807) is 17.0 Å². The van der Waals surface area contributed by atoms with E-state index in [0.717, 1.165) is 11.3 Å². The number of nitrogens with zero attached hydrogens (tertiary/aromatic N) is 2. The normalized spacial score (nSPS) is 11.2. The number of aryl methyl sites for hydroxylation is 1. The van der Waals surface area contributed by atoms with E-state index in [1.807, 2.05) is 20.0 Å². The highest BCUT2D eigenvalue weighted by Gasteiger charge is 1.97. The van der Waals surface area contributed by atoms with Crippen LogP contribution in [0.15, 0.2) is 12.3 Å². The molecule has 1 N–H and O–H groups in total. The van der Waals surface area contributed by atoms with Crippen LogP contribution in [0.1, 0.15) is 11.3 Å². The summed E-state index contributed by atoms with van der Waals surface area (Å²) in [5.74, 6) is 0. The van der Waals surface area contributed by atoms with E-state index in [9.17, 15) is 0 Å². The maximum absolute atomic E-state index is 8.51. The van der Waals surface area contributed by atoms with Crippen LogP contribution in [0.4, 0.5) is 0 Å². The molecule has 3 nitrogen and oxygen atoms in total. The monoisotopic (exact) mass is 152 g/mol. The van der Waals surface area contributed by atoms with Crippen LogP contribution in [0.25, 0.3) is 6.08 Å². The van der Waals surface area contributed by atoms with Gasteiger partial charge in [0.25, 0.3) is 0 Å². The van der Waals surface area contributed by atoms with Crippen LogP contribution >= 0.6 is 0 Å². The molecule has 0 saturated carbocycles. The molecule has 0 aliphatic rings. The summed E-state index contributed by atoms with van der Waals surface area (Å²) < 4.78 is 1.80. The Morgan fingerprint density at radius 1 is 1.73 bits per heavy atom. The Morgan fingerprint density at radius 2 is 2.45 bits per heavy atom. The fourth-order valence-corrected chi connectivity index (χ4v) is 0.859. The molecule has 0 spiro atoms. The van der Waals surface area contributed by atoms with Crippen molar-refractivity contribution in [2.75, 3.05) is 6.61 Å². The van der Waals surface area contributed by atoms with Crippen LogP contribution in [0.5, 0.6) is 0 Å². The van der Waals surface area contributed by atoms with E-state index >= 15 is 0 Å². The molecule has 0 fully saturated rings. The maximum atomic E-state index is 8.51. The summed E-state index contributed by atoms with van der Waals surface area (Å²) in [6, 6.07) is 0. The number of rotatable bonds is 2. The smallest absolute Gasteiger partial charge is 0.0615 e. The molecule has 1 heterocycles. The van der Waals surface area contributed by atoms with Gasteiger partial charge >= 0.3 is 0 Å². The second-order valence-electron chi connectivity index (χ2n) is 2.39. The van der Waals surface area contributed by atoms with Gasteiger partial charge in [-0.1, -0.05) is 12.2 Å². The Morgan fingerprint density at radius 3 is 2.91 bits per heavy atom. The molecule has 0 aliphatic heterocycles. The zero-order valence-corrected chi connectivity index (χ0v) is 6.78. The Hall–Kier alpha value is -1.09. The SMILES string of the molecule is Cc1c(/C=C/CO)cnn1C. The minimum atomic E-state index is 0.0777. The molecule has 0 unspecified atom stereocenters. The fraction of sp³-hybridized carbons (Fsp3) is 0.375. The minimum absolute atomic E-state index is 0.0777. The van der Waals surface area contributed by atoms with Gasteiger partial charge in [0.2, 0.25) is 0 Å². The minimum Gasteiger partial charge on any atom is -0.392 e. The Balaban J connectivity index is 2.87. The molecule has 0 saturated heterocycles. The summed E-state index contributed by atoms with van der Waals surface area (Å²) in [5, 5.41) is 12.6. The van der Waals surface area contributed by atoms with Gasteiger partial charge in [0.1, 0.15) is 0 Å². The molecule has 0 atom stereocenters. The Kier molecular flexibility index (Phi) is 2.44. The van der Waals surface area contributed by atoms with Gasteiger partial charge in [-0.15, -0.1) is 0 Å². The Labute approximate surface area is 66.0 Å². The van der Waals surface area contributed by atoms with Crippen molar-refractivity contribution in [2.45, 2.75) is 6.92 Å². The zero-order valence-electron chi connectivity index (χ0n) is 6.78. The van der Waals surface area contributed by atoms with E-state index in [-0.39, 0.29) is 6.61 Å². The quantitative estimate of drug-likeness (QED) is 0.678. The summed E-state index contributed by atoms with van der Waals surface area (Å²) in [7, 11) is 1.89. The summed E-state index contributed by atoms with van der Waals surface area (Å²) in [4.78, 5) is 0. The van der Waals surface area contributed by atoms with Gasteiger partial charge in [-0.3, -0.25) is 4.68 Å². The average Bonchev–Trinajstić information content (AvgIpc) is 2.31. The third kappa shape index (κ3) is 1.68. The lowest BCUT2D eigenvalue weighted by Gasteiger charge is -1.92. The van der Waals surface area contributed by atoms with Gasteiger partial charge in [0.05, 0.1) is 12.8 Å². The molecule has 0 aliphatic carbocycles. The predicted molar refractivity (Wildman–Crippen MR) is 44.1 cm³/mol. The van der Waals surface area contributed by atoms with Crippen molar-refractivity contribution in [1.82, 2.24) is 9.78 Å². The molecular weight excluding hydrogens is 140 g/mol. The lowest BCUT2D eigenvalue weighted by atomic mass is 10.2. The van der Waals surface area contributed by atoms with Gasteiger partial charge in [-0.2, -0.15) is 5.10 Å². The maximum Gasteiger partial charge on any atom is 0.0615 e. The van der Waals surface area contributed by atoms with Crippen LogP contribution in [-0.4, -0.2) is 21.5 Å². The van der Waals surface area contributed by atoms with Gasteiger partial charge in [-0.25, -0.2) is 0 Å². The molecule has 11 heavy (non-hydrogen) atoms. The van der Waals surface area contributed by atoms with Crippen molar-refractivity contribution in [2.24, 2.45) is 7.05 Å². The second kappa shape index (κ2) is 3.34. The highest BCUT2D eigenvalue weighted by atomic mass is 16.2. The van der Waals surface area contributed by atoms with E-state index in [0.29, 0.717) is 0 Å².